The van der Waals surface area contributed by atoms with Crippen LogP contribution in [0.3, 0.4) is 0 Å². The van der Waals surface area contributed by atoms with Gasteiger partial charge in [-0.1, -0.05) is 12.1 Å². The Kier molecular flexibility index (Phi) is 8.97. The number of guanidine groups is 1. The molecule has 2 aliphatic rings. The van der Waals surface area contributed by atoms with Gasteiger partial charge in [0.15, 0.2) is 5.96 Å². The first-order valence-electron chi connectivity index (χ1n) is 11.2. The van der Waals surface area contributed by atoms with Gasteiger partial charge in [0, 0.05) is 39.8 Å². The Morgan fingerprint density at radius 2 is 2.00 bits per heavy atom. The summed E-state index contributed by atoms with van der Waals surface area (Å²) in [4.78, 5) is 21.4. The molecule has 0 spiro atoms. The number of hydrogen-bond acceptors (Lipinski definition) is 6. The molecule has 0 aliphatic carbocycles. The highest BCUT2D eigenvalue weighted by Crippen LogP contribution is 2.24. The normalized spacial score (nSPS) is 21.5. The Morgan fingerprint density at radius 3 is 2.65 bits per heavy atom. The van der Waals surface area contributed by atoms with Crippen molar-refractivity contribution in [3.05, 3.63) is 29.8 Å². The van der Waals surface area contributed by atoms with Gasteiger partial charge in [-0.05, 0) is 37.5 Å². The summed E-state index contributed by atoms with van der Waals surface area (Å²) in [5.74, 6) is 1.49. The largest absolute Gasteiger partial charge is 0.497 e. The summed E-state index contributed by atoms with van der Waals surface area (Å²) in [6, 6.07) is 8.46. The summed E-state index contributed by atoms with van der Waals surface area (Å²) in [6.07, 6.45) is 1.82. The number of carbonyl (C=O) groups excluding carboxylic acids is 1. The monoisotopic (exact) mass is 432 g/mol. The Bertz CT molecular complexity index is 719. The van der Waals surface area contributed by atoms with Gasteiger partial charge < -0.3 is 24.4 Å². The van der Waals surface area contributed by atoms with Gasteiger partial charge in [-0.2, -0.15) is 0 Å². The van der Waals surface area contributed by atoms with Crippen LogP contribution in [0.25, 0.3) is 0 Å². The van der Waals surface area contributed by atoms with E-state index in [1.54, 1.807) is 14.2 Å². The fourth-order valence-corrected chi connectivity index (χ4v) is 4.32. The van der Waals surface area contributed by atoms with Crippen LogP contribution in [0.4, 0.5) is 0 Å². The van der Waals surface area contributed by atoms with Crippen LogP contribution < -0.4 is 10.1 Å². The molecule has 8 heteroatoms. The molecule has 2 unspecified atom stereocenters. The van der Waals surface area contributed by atoms with E-state index in [1.807, 2.05) is 19.1 Å². The minimum Gasteiger partial charge on any atom is -0.497 e. The minimum atomic E-state index is -0.105. The third kappa shape index (κ3) is 6.33. The maximum Gasteiger partial charge on any atom is 0.310 e. The molecule has 8 nitrogen and oxygen atoms in total. The maximum atomic E-state index is 12.2. The Hall–Kier alpha value is -2.32. The van der Waals surface area contributed by atoms with Crippen LogP contribution in [-0.2, 0) is 14.3 Å². The number of benzene rings is 1. The van der Waals surface area contributed by atoms with E-state index in [9.17, 15) is 4.79 Å². The molecule has 1 aromatic carbocycles. The summed E-state index contributed by atoms with van der Waals surface area (Å²) in [7, 11) is 3.48. The van der Waals surface area contributed by atoms with Crippen molar-refractivity contribution in [1.29, 1.82) is 0 Å². The molecule has 0 radical (unpaired) electrons. The number of ether oxygens (including phenoxy) is 3. The van der Waals surface area contributed by atoms with E-state index in [4.69, 9.17) is 14.2 Å². The summed E-state index contributed by atoms with van der Waals surface area (Å²) in [5.41, 5.74) is 1.23. The number of piperidine rings is 1. The standard InChI is InChI=1S/C23H36N4O4/c1-4-31-22(28)19-6-5-11-27(17-19)23(24-2)25-16-21(26-12-14-30-15-13-26)18-7-9-20(29-3)10-8-18/h7-10,19,21H,4-6,11-17H2,1-3H3,(H,24,25). The first kappa shape index (κ1) is 23.3. The van der Waals surface area contributed by atoms with E-state index in [-0.39, 0.29) is 17.9 Å². The number of hydrogen-bond donors (Lipinski definition) is 1. The third-order valence-corrected chi connectivity index (χ3v) is 5.99. The van der Waals surface area contributed by atoms with Gasteiger partial charge in [0.2, 0.25) is 0 Å². The van der Waals surface area contributed by atoms with Gasteiger partial charge in [-0.15, -0.1) is 0 Å². The molecule has 0 bridgehead atoms. The molecule has 1 N–H and O–H groups in total. The first-order valence-corrected chi connectivity index (χ1v) is 11.2. The lowest BCUT2D eigenvalue weighted by Crippen LogP contribution is -2.50. The van der Waals surface area contributed by atoms with Crippen molar-refractivity contribution < 1.29 is 19.0 Å². The molecular formula is C23H36N4O4. The zero-order valence-electron chi connectivity index (χ0n) is 19.0. The highest BCUT2D eigenvalue weighted by Gasteiger charge is 2.29. The minimum absolute atomic E-state index is 0.0936. The molecule has 2 aliphatic heterocycles. The molecule has 2 heterocycles. The van der Waals surface area contributed by atoms with Crippen LogP contribution in [0, 0.1) is 5.92 Å². The van der Waals surface area contributed by atoms with Crippen molar-refractivity contribution >= 4 is 11.9 Å². The highest BCUT2D eigenvalue weighted by molar-refractivity contribution is 5.81. The molecule has 172 valence electrons. The maximum absolute atomic E-state index is 12.2. The summed E-state index contributed by atoms with van der Waals surface area (Å²) >= 11 is 0. The van der Waals surface area contributed by atoms with Crippen molar-refractivity contribution in [1.82, 2.24) is 15.1 Å². The van der Waals surface area contributed by atoms with Gasteiger partial charge in [-0.3, -0.25) is 14.7 Å². The molecule has 31 heavy (non-hydrogen) atoms. The number of nitrogens with zero attached hydrogens (tertiary/aromatic N) is 3. The van der Waals surface area contributed by atoms with Gasteiger partial charge in [0.05, 0.1) is 38.9 Å². The van der Waals surface area contributed by atoms with E-state index >= 15 is 0 Å². The molecule has 1 aromatic rings. The van der Waals surface area contributed by atoms with Crippen LogP contribution in [0.5, 0.6) is 5.75 Å². The average Bonchev–Trinajstić information content (AvgIpc) is 2.83. The van der Waals surface area contributed by atoms with Crippen LogP contribution in [0.15, 0.2) is 29.3 Å². The van der Waals surface area contributed by atoms with Crippen molar-refractivity contribution in [3.63, 3.8) is 0 Å². The number of morpholine rings is 1. The Morgan fingerprint density at radius 1 is 1.26 bits per heavy atom. The van der Waals surface area contributed by atoms with Gasteiger partial charge in [0.1, 0.15) is 5.75 Å². The van der Waals surface area contributed by atoms with E-state index in [0.717, 1.165) is 63.9 Å². The molecule has 0 aromatic heterocycles. The lowest BCUT2D eigenvalue weighted by atomic mass is 9.98. The Balaban J connectivity index is 1.67. The number of nitrogens with one attached hydrogen (secondary N) is 1. The van der Waals surface area contributed by atoms with E-state index in [2.05, 4.69) is 32.2 Å². The van der Waals surface area contributed by atoms with Crippen LogP contribution >= 0.6 is 0 Å². The second-order valence-electron chi connectivity index (χ2n) is 7.90. The zero-order chi connectivity index (χ0) is 22.1. The third-order valence-electron chi connectivity index (χ3n) is 5.99. The number of likely N-dealkylation sites (tertiary alicyclic amines) is 1. The van der Waals surface area contributed by atoms with Crippen LogP contribution in [-0.4, -0.2) is 88.4 Å². The highest BCUT2D eigenvalue weighted by atomic mass is 16.5. The SMILES string of the molecule is CCOC(=O)C1CCCN(C(=NC)NCC(c2ccc(OC)cc2)N2CCOCC2)C1. The first-order chi connectivity index (χ1) is 15.2. The van der Waals surface area contributed by atoms with Crippen molar-refractivity contribution in [2.24, 2.45) is 10.9 Å². The summed E-state index contributed by atoms with van der Waals surface area (Å²) in [6.45, 7) is 7.80. The number of carbonyl (C=O) groups is 1. The molecule has 2 atom stereocenters. The van der Waals surface area contributed by atoms with E-state index in [0.29, 0.717) is 13.2 Å². The molecule has 2 fully saturated rings. The lowest BCUT2D eigenvalue weighted by molar-refractivity contribution is -0.149. The zero-order valence-corrected chi connectivity index (χ0v) is 19.0. The summed E-state index contributed by atoms with van der Waals surface area (Å²) in [5, 5.41) is 3.57. The van der Waals surface area contributed by atoms with Gasteiger partial charge >= 0.3 is 5.97 Å². The van der Waals surface area contributed by atoms with Crippen LogP contribution in [0.1, 0.15) is 31.4 Å². The van der Waals surface area contributed by atoms with Crippen molar-refractivity contribution in [2.45, 2.75) is 25.8 Å². The van der Waals surface area contributed by atoms with Crippen LogP contribution in [0.2, 0.25) is 0 Å². The number of aliphatic imine (C=N–C) groups is 1. The number of esters is 1. The van der Waals surface area contributed by atoms with Gasteiger partial charge in [-0.25, -0.2) is 0 Å². The topological polar surface area (TPSA) is 75.6 Å². The van der Waals surface area contributed by atoms with E-state index in [1.165, 1.54) is 5.56 Å². The molecule has 2 saturated heterocycles. The predicted molar refractivity (Wildman–Crippen MR) is 120 cm³/mol. The second kappa shape index (κ2) is 11.9. The number of rotatable bonds is 7. The predicted octanol–water partition coefficient (Wildman–Crippen LogP) is 1.92. The van der Waals surface area contributed by atoms with Gasteiger partial charge in [0.25, 0.3) is 0 Å². The molecule has 0 amide bonds. The van der Waals surface area contributed by atoms with E-state index < -0.39 is 0 Å². The second-order valence-corrected chi connectivity index (χ2v) is 7.90. The summed E-state index contributed by atoms with van der Waals surface area (Å²) < 4.78 is 16.1. The molecule has 3 rings (SSSR count). The average molecular weight is 433 g/mol. The van der Waals surface area contributed by atoms with Crippen molar-refractivity contribution in [3.8, 4) is 5.75 Å². The molecular weight excluding hydrogens is 396 g/mol. The molecule has 0 saturated carbocycles. The smallest absolute Gasteiger partial charge is 0.310 e. The van der Waals surface area contributed by atoms with Crippen molar-refractivity contribution in [2.75, 3.05) is 66.7 Å². The lowest BCUT2D eigenvalue weighted by Gasteiger charge is -2.37. The Labute approximate surface area is 185 Å². The fraction of sp³-hybridized carbons (Fsp3) is 0.652. The fourth-order valence-electron chi connectivity index (χ4n) is 4.32. The number of methoxy groups -OCH3 is 1. The quantitative estimate of drug-likeness (QED) is 0.401.